The minimum Gasteiger partial charge on any atom is -0.374 e. The van der Waals surface area contributed by atoms with E-state index in [0.717, 1.165) is 31.8 Å². The van der Waals surface area contributed by atoms with E-state index in [-0.39, 0.29) is 42.5 Å². The average Bonchev–Trinajstić information content (AvgIpc) is 2.68. The van der Waals surface area contributed by atoms with Gasteiger partial charge in [0.1, 0.15) is 0 Å². The van der Waals surface area contributed by atoms with Crippen LogP contribution in [-0.2, 0) is 9.53 Å². The number of guanidine groups is 1. The monoisotopic (exact) mass is 513 g/mol. The van der Waals surface area contributed by atoms with Crippen LogP contribution >= 0.6 is 24.0 Å². The van der Waals surface area contributed by atoms with Crippen molar-refractivity contribution in [2.75, 3.05) is 51.7 Å². The minimum absolute atomic E-state index is 0. The van der Waals surface area contributed by atoms with Gasteiger partial charge in [-0.25, -0.2) is 0 Å². The minimum atomic E-state index is -0.172. The lowest BCUT2D eigenvalue weighted by Crippen LogP contribution is -2.50. The Morgan fingerprint density at radius 2 is 2.21 bits per heavy atom. The van der Waals surface area contributed by atoms with Gasteiger partial charge in [0.25, 0.3) is 0 Å². The van der Waals surface area contributed by atoms with E-state index in [0.29, 0.717) is 24.1 Å². The van der Waals surface area contributed by atoms with Gasteiger partial charge in [-0.2, -0.15) is 0 Å². The van der Waals surface area contributed by atoms with Crippen LogP contribution in [0.4, 0.5) is 5.69 Å². The first-order valence-corrected chi connectivity index (χ1v) is 9.65. The Balaban J connectivity index is 0.00000420. The Morgan fingerprint density at radius 3 is 2.90 bits per heavy atom. The molecule has 1 amide bonds. The second-order valence-corrected chi connectivity index (χ2v) is 7.23. The van der Waals surface area contributed by atoms with Gasteiger partial charge in [0.05, 0.1) is 19.3 Å². The number of amides is 1. The molecule has 0 spiro atoms. The van der Waals surface area contributed by atoms with Gasteiger partial charge in [-0.1, -0.05) is 25.8 Å². The number of aliphatic imine (C=N–C) groups is 1. The van der Waals surface area contributed by atoms with Crippen LogP contribution in [0.5, 0.6) is 0 Å². The Bertz CT molecular complexity index is 717. The SMILES string of the molecule is C#Cc1cccc(NC(=O)CNC(=NC)NCC2CN(CC(C)C)CCO2)c1.I. The molecule has 8 heteroatoms. The summed E-state index contributed by atoms with van der Waals surface area (Å²) in [6, 6.07) is 7.18. The summed E-state index contributed by atoms with van der Waals surface area (Å²) in [5, 5.41) is 9.06. The smallest absolute Gasteiger partial charge is 0.243 e. The first-order chi connectivity index (χ1) is 13.5. The highest BCUT2D eigenvalue weighted by Crippen LogP contribution is 2.09. The standard InChI is InChI=1S/C21H31N5O2.HI/c1-5-17-7-6-8-18(11-17)25-20(27)13-24-21(22-4)23-12-19-15-26(9-10-28-19)14-16(2)3;/h1,6-8,11,16,19H,9-10,12-15H2,2-4H3,(H,25,27)(H2,22,23,24);1H. The quantitative estimate of drug-likeness (QED) is 0.224. The summed E-state index contributed by atoms with van der Waals surface area (Å²) in [6.07, 6.45) is 5.48. The maximum atomic E-state index is 12.1. The lowest BCUT2D eigenvalue weighted by Gasteiger charge is -2.34. The second kappa shape index (κ2) is 13.4. The number of carbonyl (C=O) groups excluding carboxylic acids is 1. The third-order valence-electron chi connectivity index (χ3n) is 4.30. The molecular formula is C21H32IN5O2. The Morgan fingerprint density at radius 1 is 1.41 bits per heavy atom. The van der Waals surface area contributed by atoms with E-state index in [4.69, 9.17) is 11.2 Å². The lowest BCUT2D eigenvalue weighted by atomic mass is 10.2. The fourth-order valence-electron chi connectivity index (χ4n) is 3.07. The average molecular weight is 513 g/mol. The van der Waals surface area contributed by atoms with Gasteiger partial charge < -0.3 is 20.7 Å². The van der Waals surface area contributed by atoms with E-state index >= 15 is 0 Å². The molecule has 1 unspecified atom stereocenters. The van der Waals surface area contributed by atoms with Crippen molar-refractivity contribution in [2.24, 2.45) is 10.9 Å². The number of halogens is 1. The highest BCUT2D eigenvalue weighted by molar-refractivity contribution is 14.0. The number of carbonyl (C=O) groups is 1. The molecule has 1 aromatic carbocycles. The van der Waals surface area contributed by atoms with Crippen LogP contribution in [-0.4, -0.2) is 69.2 Å². The molecule has 160 valence electrons. The zero-order valence-corrected chi connectivity index (χ0v) is 19.7. The van der Waals surface area contributed by atoms with Crippen LogP contribution in [0.15, 0.2) is 29.3 Å². The third kappa shape index (κ3) is 9.47. The highest BCUT2D eigenvalue weighted by atomic mass is 127. The fourth-order valence-corrected chi connectivity index (χ4v) is 3.07. The molecule has 0 aromatic heterocycles. The van der Waals surface area contributed by atoms with E-state index in [9.17, 15) is 4.79 Å². The molecule has 1 aliphatic heterocycles. The van der Waals surface area contributed by atoms with E-state index in [1.165, 1.54) is 0 Å². The molecule has 7 nitrogen and oxygen atoms in total. The number of rotatable bonds is 7. The molecule has 1 heterocycles. The maximum Gasteiger partial charge on any atom is 0.243 e. The molecule has 1 saturated heterocycles. The fraction of sp³-hybridized carbons (Fsp3) is 0.524. The summed E-state index contributed by atoms with van der Waals surface area (Å²) in [6.45, 7) is 8.88. The maximum absolute atomic E-state index is 12.1. The molecular weight excluding hydrogens is 481 g/mol. The van der Waals surface area contributed by atoms with E-state index < -0.39 is 0 Å². The van der Waals surface area contributed by atoms with Crippen LogP contribution in [0.1, 0.15) is 19.4 Å². The van der Waals surface area contributed by atoms with E-state index in [1.54, 1.807) is 19.2 Å². The summed E-state index contributed by atoms with van der Waals surface area (Å²) in [5.41, 5.74) is 1.40. The van der Waals surface area contributed by atoms with Gasteiger partial charge in [-0.05, 0) is 24.1 Å². The molecule has 0 aliphatic carbocycles. The van der Waals surface area contributed by atoms with Crippen LogP contribution in [0.25, 0.3) is 0 Å². The largest absolute Gasteiger partial charge is 0.374 e. The van der Waals surface area contributed by atoms with Crippen molar-refractivity contribution in [3.63, 3.8) is 0 Å². The molecule has 3 N–H and O–H groups in total. The summed E-state index contributed by atoms with van der Waals surface area (Å²) in [7, 11) is 1.68. The van der Waals surface area contributed by atoms with Crippen LogP contribution in [0.3, 0.4) is 0 Å². The molecule has 29 heavy (non-hydrogen) atoms. The molecule has 1 atom stereocenters. The molecule has 1 aliphatic rings. The first-order valence-electron chi connectivity index (χ1n) is 9.65. The van der Waals surface area contributed by atoms with Gasteiger partial charge >= 0.3 is 0 Å². The van der Waals surface area contributed by atoms with Crippen LogP contribution < -0.4 is 16.0 Å². The van der Waals surface area contributed by atoms with Gasteiger partial charge in [0.2, 0.25) is 5.91 Å². The summed E-state index contributed by atoms with van der Waals surface area (Å²) in [5.74, 6) is 3.58. The molecule has 0 saturated carbocycles. The van der Waals surface area contributed by atoms with Crippen molar-refractivity contribution < 1.29 is 9.53 Å². The van der Waals surface area contributed by atoms with E-state index in [2.05, 4.69) is 45.6 Å². The third-order valence-corrected chi connectivity index (χ3v) is 4.30. The van der Waals surface area contributed by atoms with E-state index in [1.807, 2.05) is 12.1 Å². The first kappa shape index (κ1) is 25.2. The summed E-state index contributed by atoms with van der Waals surface area (Å²) in [4.78, 5) is 18.7. The normalized spacial score (nSPS) is 17.2. The van der Waals surface area contributed by atoms with Gasteiger partial charge in [-0.3, -0.25) is 14.7 Å². The lowest BCUT2D eigenvalue weighted by molar-refractivity contribution is -0.115. The van der Waals surface area contributed by atoms with Crippen molar-refractivity contribution in [1.29, 1.82) is 0 Å². The van der Waals surface area contributed by atoms with Gasteiger partial charge in [0.15, 0.2) is 5.96 Å². The number of anilines is 1. The van der Waals surface area contributed by atoms with Crippen molar-refractivity contribution >= 4 is 41.5 Å². The molecule has 2 rings (SSSR count). The van der Waals surface area contributed by atoms with Crippen molar-refractivity contribution in [3.05, 3.63) is 29.8 Å². The Hall–Kier alpha value is -1.83. The number of nitrogens with zero attached hydrogens (tertiary/aromatic N) is 2. The van der Waals surface area contributed by atoms with Crippen LogP contribution in [0.2, 0.25) is 0 Å². The van der Waals surface area contributed by atoms with Crippen molar-refractivity contribution in [3.8, 4) is 12.3 Å². The number of morpholine rings is 1. The number of hydrogen-bond acceptors (Lipinski definition) is 4. The number of hydrogen-bond donors (Lipinski definition) is 3. The predicted octanol–water partition coefficient (Wildman–Crippen LogP) is 1.75. The second-order valence-electron chi connectivity index (χ2n) is 7.23. The number of nitrogens with one attached hydrogen (secondary N) is 3. The molecule has 0 bridgehead atoms. The van der Waals surface area contributed by atoms with Gasteiger partial charge in [0, 0.05) is 44.5 Å². The molecule has 1 aromatic rings. The highest BCUT2D eigenvalue weighted by Gasteiger charge is 2.21. The number of ether oxygens (including phenoxy) is 1. The Labute approximate surface area is 191 Å². The predicted molar refractivity (Wildman–Crippen MR) is 129 cm³/mol. The topological polar surface area (TPSA) is 78.0 Å². The van der Waals surface area contributed by atoms with Crippen molar-refractivity contribution in [1.82, 2.24) is 15.5 Å². The number of terminal acetylenes is 1. The summed E-state index contributed by atoms with van der Waals surface area (Å²) >= 11 is 0. The van der Waals surface area contributed by atoms with Crippen LogP contribution in [0, 0.1) is 18.3 Å². The zero-order chi connectivity index (χ0) is 20.4. The molecule has 0 radical (unpaired) electrons. The van der Waals surface area contributed by atoms with Crippen molar-refractivity contribution in [2.45, 2.75) is 20.0 Å². The molecule has 1 fully saturated rings. The van der Waals surface area contributed by atoms with Gasteiger partial charge in [-0.15, -0.1) is 30.4 Å². The zero-order valence-electron chi connectivity index (χ0n) is 17.4. The number of benzene rings is 1. The summed E-state index contributed by atoms with van der Waals surface area (Å²) < 4.78 is 5.83. The Kier molecular flexibility index (Phi) is 11.7.